The normalized spacial score (nSPS) is 15.5. The number of ether oxygens (including phenoxy) is 2. The molecule has 148 valence electrons. The smallest absolute Gasteiger partial charge is 0.325 e. The van der Waals surface area contributed by atoms with Crippen molar-refractivity contribution in [3.8, 4) is 11.5 Å². The number of carbonyl (C=O) groups excluding carboxylic acids is 3. The summed E-state index contributed by atoms with van der Waals surface area (Å²) in [6.07, 6.45) is 1.57. The number of nitrogens with zero attached hydrogens (tertiary/aromatic N) is 1. The number of nitrogens with one attached hydrogen (secondary N) is 2. The molecule has 8 nitrogen and oxygen atoms in total. The first-order chi connectivity index (χ1) is 12.9. The summed E-state index contributed by atoms with van der Waals surface area (Å²) in [5.74, 6) is 0.546. The molecule has 0 saturated carbocycles. The Kier molecular flexibility index (Phi) is 6.65. The van der Waals surface area contributed by atoms with Crippen LogP contribution in [-0.4, -0.2) is 55.6 Å². The minimum atomic E-state index is -0.892. The molecule has 2 N–H and O–H groups in total. The van der Waals surface area contributed by atoms with Gasteiger partial charge in [-0.3, -0.25) is 14.5 Å². The van der Waals surface area contributed by atoms with E-state index in [2.05, 4.69) is 10.6 Å². The molecule has 1 aromatic carbocycles. The molecule has 1 aliphatic rings. The molecule has 0 atom stereocenters. The Bertz CT molecular complexity index is 715. The third-order valence-corrected chi connectivity index (χ3v) is 4.94. The van der Waals surface area contributed by atoms with Gasteiger partial charge in [0.05, 0.1) is 14.2 Å². The van der Waals surface area contributed by atoms with Crippen molar-refractivity contribution in [2.75, 3.05) is 27.3 Å². The van der Waals surface area contributed by atoms with Gasteiger partial charge in [-0.25, -0.2) is 4.79 Å². The van der Waals surface area contributed by atoms with Crippen LogP contribution in [0.15, 0.2) is 18.2 Å². The standard InChI is InChI=1S/C19H27N3O5/c1-5-19(6-2)17(24)22(18(25)21-19)12-16(23)20-10-9-13-7-8-14(26-3)15(11-13)27-4/h7-8,11H,5-6,9-10,12H2,1-4H3,(H,20,23)(H,21,25). The molecule has 0 radical (unpaired) electrons. The van der Waals surface area contributed by atoms with Crippen LogP contribution in [0.4, 0.5) is 4.79 Å². The second-order valence-corrected chi connectivity index (χ2v) is 6.40. The van der Waals surface area contributed by atoms with E-state index >= 15 is 0 Å². The molecule has 0 bridgehead atoms. The highest BCUT2D eigenvalue weighted by atomic mass is 16.5. The zero-order valence-corrected chi connectivity index (χ0v) is 16.3. The lowest BCUT2D eigenvalue weighted by Crippen LogP contribution is -2.46. The topological polar surface area (TPSA) is 97.0 Å². The largest absolute Gasteiger partial charge is 0.493 e. The van der Waals surface area contributed by atoms with Gasteiger partial charge in [-0.15, -0.1) is 0 Å². The molecular weight excluding hydrogens is 350 g/mol. The third-order valence-electron chi connectivity index (χ3n) is 4.94. The van der Waals surface area contributed by atoms with Crippen molar-refractivity contribution in [1.82, 2.24) is 15.5 Å². The zero-order valence-electron chi connectivity index (χ0n) is 16.3. The van der Waals surface area contributed by atoms with Gasteiger partial charge in [-0.05, 0) is 37.0 Å². The Hall–Kier alpha value is -2.77. The van der Waals surface area contributed by atoms with Gasteiger partial charge in [-0.2, -0.15) is 0 Å². The van der Waals surface area contributed by atoms with Crippen LogP contribution in [0, 0.1) is 0 Å². The Labute approximate surface area is 159 Å². The van der Waals surface area contributed by atoms with Crippen molar-refractivity contribution in [1.29, 1.82) is 0 Å². The molecule has 1 aliphatic heterocycles. The highest BCUT2D eigenvalue weighted by Crippen LogP contribution is 2.27. The Morgan fingerprint density at radius 1 is 1.15 bits per heavy atom. The summed E-state index contributed by atoms with van der Waals surface area (Å²) in [6, 6.07) is 5.03. The number of hydrogen-bond acceptors (Lipinski definition) is 5. The predicted octanol–water partition coefficient (Wildman–Crippen LogP) is 1.47. The first-order valence-electron chi connectivity index (χ1n) is 9.02. The maximum Gasteiger partial charge on any atom is 0.325 e. The monoisotopic (exact) mass is 377 g/mol. The summed E-state index contributed by atoms with van der Waals surface area (Å²) < 4.78 is 10.4. The van der Waals surface area contributed by atoms with Crippen molar-refractivity contribution in [2.45, 2.75) is 38.6 Å². The number of rotatable bonds is 9. The number of imide groups is 1. The fourth-order valence-corrected chi connectivity index (χ4v) is 3.13. The lowest BCUT2D eigenvalue weighted by molar-refractivity contribution is -0.135. The molecule has 2 rings (SSSR count). The maximum absolute atomic E-state index is 12.5. The van der Waals surface area contributed by atoms with E-state index < -0.39 is 11.6 Å². The Morgan fingerprint density at radius 3 is 2.37 bits per heavy atom. The molecule has 8 heteroatoms. The maximum atomic E-state index is 12.5. The van der Waals surface area contributed by atoms with Crippen molar-refractivity contribution in [2.24, 2.45) is 0 Å². The fourth-order valence-electron chi connectivity index (χ4n) is 3.13. The average Bonchev–Trinajstić information content (AvgIpc) is 2.92. The summed E-state index contributed by atoms with van der Waals surface area (Å²) in [4.78, 5) is 37.7. The number of carbonyl (C=O) groups is 3. The fraction of sp³-hybridized carbons (Fsp3) is 0.526. The first-order valence-corrected chi connectivity index (χ1v) is 9.02. The zero-order chi connectivity index (χ0) is 20.0. The van der Waals surface area contributed by atoms with Crippen LogP contribution in [0.3, 0.4) is 0 Å². The van der Waals surface area contributed by atoms with Crippen molar-refractivity contribution in [3.63, 3.8) is 0 Å². The average molecular weight is 377 g/mol. The lowest BCUT2D eigenvalue weighted by Gasteiger charge is -2.23. The molecule has 0 aromatic heterocycles. The summed E-state index contributed by atoms with van der Waals surface area (Å²) in [5, 5.41) is 5.45. The van der Waals surface area contributed by atoms with E-state index in [9.17, 15) is 14.4 Å². The predicted molar refractivity (Wildman–Crippen MR) is 99.8 cm³/mol. The van der Waals surface area contributed by atoms with Crippen LogP contribution < -0.4 is 20.1 Å². The molecule has 0 spiro atoms. The second-order valence-electron chi connectivity index (χ2n) is 6.40. The van der Waals surface area contributed by atoms with E-state index in [0.29, 0.717) is 37.3 Å². The van der Waals surface area contributed by atoms with Gasteiger partial charge in [0.2, 0.25) is 5.91 Å². The minimum absolute atomic E-state index is 0.279. The number of benzene rings is 1. The van der Waals surface area contributed by atoms with E-state index in [1.54, 1.807) is 20.3 Å². The van der Waals surface area contributed by atoms with Crippen molar-refractivity contribution < 1.29 is 23.9 Å². The van der Waals surface area contributed by atoms with Crippen molar-refractivity contribution in [3.05, 3.63) is 23.8 Å². The second kappa shape index (κ2) is 8.75. The van der Waals surface area contributed by atoms with Crippen LogP contribution in [0.1, 0.15) is 32.3 Å². The highest BCUT2D eigenvalue weighted by molar-refractivity contribution is 6.08. The highest BCUT2D eigenvalue weighted by Gasteiger charge is 2.49. The lowest BCUT2D eigenvalue weighted by atomic mass is 9.93. The minimum Gasteiger partial charge on any atom is -0.493 e. The molecule has 0 aliphatic carbocycles. The number of methoxy groups -OCH3 is 2. The molecule has 1 aromatic rings. The van der Waals surface area contributed by atoms with E-state index in [4.69, 9.17) is 9.47 Å². The van der Waals surface area contributed by atoms with Gasteiger partial charge in [-0.1, -0.05) is 19.9 Å². The molecule has 1 heterocycles. The van der Waals surface area contributed by atoms with Gasteiger partial charge in [0.1, 0.15) is 12.1 Å². The SMILES string of the molecule is CCC1(CC)NC(=O)N(CC(=O)NCCc2ccc(OC)c(OC)c2)C1=O. The van der Waals surface area contributed by atoms with Gasteiger partial charge in [0.15, 0.2) is 11.5 Å². The van der Waals surface area contributed by atoms with Crippen LogP contribution >= 0.6 is 0 Å². The van der Waals surface area contributed by atoms with E-state index in [-0.39, 0.29) is 18.4 Å². The molecule has 27 heavy (non-hydrogen) atoms. The summed E-state index contributed by atoms with van der Waals surface area (Å²) >= 11 is 0. The number of urea groups is 1. The summed E-state index contributed by atoms with van der Waals surface area (Å²) in [7, 11) is 3.13. The molecular formula is C19H27N3O5. The van der Waals surface area contributed by atoms with Gasteiger partial charge >= 0.3 is 6.03 Å². The Morgan fingerprint density at radius 2 is 1.81 bits per heavy atom. The van der Waals surface area contributed by atoms with Crippen LogP contribution in [-0.2, 0) is 16.0 Å². The first kappa shape index (κ1) is 20.5. The van der Waals surface area contributed by atoms with Crippen LogP contribution in [0.5, 0.6) is 11.5 Å². The number of amides is 4. The molecule has 0 unspecified atom stereocenters. The number of hydrogen-bond donors (Lipinski definition) is 2. The van der Waals surface area contributed by atoms with Crippen LogP contribution in [0.2, 0.25) is 0 Å². The van der Waals surface area contributed by atoms with Gasteiger partial charge < -0.3 is 20.1 Å². The van der Waals surface area contributed by atoms with E-state index in [1.165, 1.54) is 0 Å². The van der Waals surface area contributed by atoms with Gasteiger partial charge in [0, 0.05) is 6.54 Å². The molecule has 1 fully saturated rings. The molecule has 4 amide bonds. The van der Waals surface area contributed by atoms with Crippen LogP contribution in [0.25, 0.3) is 0 Å². The Balaban J connectivity index is 1.88. The van der Waals surface area contributed by atoms with Crippen molar-refractivity contribution >= 4 is 17.8 Å². The quantitative estimate of drug-likeness (QED) is 0.635. The van der Waals surface area contributed by atoms with E-state index in [0.717, 1.165) is 10.5 Å². The third kappa shape index (κ3) is 4.32. The molecule has 1 saturated heterocycles. The summed E-state index contributed by atoms with van der Waals surface area (Å²) in [5.41, 5.74) is 0.0794. The van der Waals surface area contributed by atoms with Gasteiger partial charge in [0.25, 0.3) is 5.91 Å². The van der Waals surface area contributed by atoms with E-state index in [1.807, 2.05) is 26.0 Å². The summed E-state index contributed by atoms with van der Waals surface area (Å²) in [6.45, 7) is 3.78.